The van der Waals surface area contributed by atoms with Gasteiger partial charge in [0.15, 0.2) is 11.4 Å². The fourth-order valence-corrected chi connectivity index (χ4v) is 4.00. The van der Waals surface area contributed by atoms with Crippen LogP contribution in [0.3, 0.4) is 0 Å². The number of nitro groups is 1. The molecule has 30 heavy (non-hydrogen) atoms. The quantitative estimate of drug-likeness (QED) is 0.400. The maximum Gasteiger partial charge on any atom is 0.286 e. The van der Waals surface area contributed by atoms with E-state index in [0.29, 0.717) is 34.3 Å². The Morgan fingerprint density at radius 1 is 1.23 bits per heavy atom. The minimum Gasteiger partial charge on any atom is -0.484 e. The van der Waals surface area contributed by atoms with Crippen molar-refractivity contribution in [2.24, 2.45) is 4.99 Å². The molecule has 1 aromatic heterocycles. The van der Waals surface area contributed by atoms with Crippen molar-refractivity contribution < 1.29 is 19.2 Å². The molecule has 0 radical (unpaired) electrons. The molecule has 0 bridgehead atoms. The van der Waals surface area contributed by atoms with Crippen molar-refractivity contribution in [1.29, 1.82) is 0 Å². The molecule has 9 heteroatoms. The lowest BCUT2D eigenvalue weighted by atomic mass is 10.0. The van der Waals surface area contributed by atoms with E-state index in [-0.39, 0.29) is 12.3 Å². The van der Waals surface area contributed by atoms with E-state index in [2.05, 4.69) is 18.8 Å². The highest BCUT2D eigenvalue weighted by Crippen LogP contribution is 2.23. The zero-order valence-corrected chi connectivity index (χ0v) is 17.8. The molecule has 3 aromatic rings. The molecule has 0 N–H and O–H groups in total. The number of hydrogen-bond acceptors (Lipinski definition) is 6. The molecule has 0 unspecified atom stereocenters. The van der Waals surface area contributed by atoms with E-state index in [1.165, 1.54) is 29.0 Å². The Labute approximate surface area is 177 Å². The fourth-order valence-electron chi connectivity index (χ4n) is 2.89. The minimum absolute atomic E-state index is 0.00584. The molecule has 1 heterocycles. The Morgan fingerprint density at radius 3 is 2.60 bits per heavy atom. The van der Waals surface area contributed by atoms with Gasteiger partial charge in [-0.15, -0.1) is 0 Å². The summed E-state index contributed by atoms with van der Waals surface area (Å²) in [5, 5.41) is 11.1. The number of fused-ring (bicyclic) bond motifs is 1. The molecule has 0 atom stereocenters. The van der Waals surface area contributed by atoms with Crippen molar-refractivity contribution >= 4 is 33.1 Å². The van der Waals surface area contributed by atoms with E-state index in [1.807, 2.05) is 28.8 Å². The van der Waals surface area contributed by atoms with Crippen LogP contribution in [0.4, 0.5) is 5.69 Å². The highest BCUT2D eigenvalue weighted by molar-refractivity contribution is 7.16. The number of nitrogens with zero attached hydrogens (tertiary/aromatic N) is 3. The van der Waals surface area contributed by atoms with Crippen molar-refractivity contribution in [2.75, 3.05) is 20.3 Å². The molecular formula is C21H23N3O5S. The van der Waals surface area contributed by atoms with Gasteiger partial charge in [0.2, 0.25) is 0 Å². The first-order valence-corrected chi connectivity index (χ1v) is 10.3. The fraction of sp³-hybridized carbons (Fsp3) is 0.333. The summed E-state index contributed by atoms with van der Waals surface area (Å²) in [6, 6.07) is 12.2. The lowest BCUT2D eigenvalue weighted by Crippen LogP contribution is -2.21. The van der Waals surface area contributed by atoms with Gasteiger partial charge in [0.05, 0.1) is 21.7 Å². The second-order valence-electron chi connectivity index (χ2n) is 6.96. The Hall–Kier alpha value is -3.04. The van der Waals surface area contributed by atoms with E-state index >= 15 is 0 Å². The highest BCUT2D eigenvalue weighted by Gasteiger charge is 2.13. The summed E-state index contributed by atoms with van der Waals surface area (Å²) < 4.78 is 13.2. The Kier molecular flexibility index (Phi) is 6.96. The van der Waals surface area contributed by atoms with Crippen molar-refractivity contribution in [3.8, 4) is 5.75 Å². The van der Waals surface area contributed by atoms with Gasteiger partial charge in [0.1, 0.15) is 5.75 Å². The van der Waals surface area contributed by atoms with Gasteiger partial charge in [-0.05, 0) is 29.7 Å². The van der Waals surface area contributed by atoms with Gasteiger partial charge in [-0.3, -0.25) is 14.9 Å². The van der Waals surface area contributed by atoms with Crippen molar-refractivity contribution in [2.45, 2.75) is 26.3 Å². The molecule has 158 valence electrons. The molecule has 0 saturated heterocycles. The number of non-ortho nitro benzene ring substituents is 1. The third kappa shape index (κ3) is 5.11. The molecule has 0 aliphatic heterocycles. The Morgan fingerprint density at radius 2 is 1.97 bits per heavy atom. The number of carbonyl (C=O) groups excluding carboxylic acids is 1. The number of carbonyl (C=O) groups is 1. The van der Waals surface area contributed by atoms with Gasteiger partial charge >= 0.3 is 0 Å². The first-order chi connectivity index (χ1) is 14.4. The Balaban J connectivity index is 1.83. The number of hydrogen-bond donors (Lipinski definition) is 0. The van der Waals surface area contributed by atoms with Crippen LogP contribution >= 0.6 is 11.3 Å². The van der Waals surface area contributed by atoms with Crippen LogP contribution in [0.5, 0.6) is 5.75 Å². The lowest BCUT2D eigenvalue weighted by molar-refractivity contribution is -0.384. The van der Waals surface area contributed by atoms with Crippen molar-refractivity contribution in [1.82, 2.24) is 4.57 Å². The van der Waals surface area contributed by atoms with Crippen LogP contribution < -0.4 is 9.54 Å². The summed E-state index contributed by atoms with van der Waals surface area (Å²) >= 11 is 1.22. The number of thiazole rings is 1. The van der Waals surface area contributed by atoms with Crippen LogP contribution in [0, 0.1) is 10.1 Å². The predicted molar refractivity (Wildman–Crippen MR) is 115 cm³/mol. The van der Waals surface area contributed by atoms with Gasteiger partial charge in [0.25, 0.3) is 11.6 Å². The molecular weight excluding hydrogens is 406 g/mol. The number of methoxy groups -OCH3 is 1. The van der Waals surface area contributed by atoms with Gasteiger partial charge < -0.3 is 14.0 Å². The molecule has 0 saturated carbocycles. The van der Waals surface area contributed by atoms with Crippen LogP contribution in [0.15, 0.2) is 47.5 Å². The first kappa shape index (κ1) is 21.7. The van der Waals surface area contributed by atoms with Crippen LogP contribution in [-0.4, -0.2) is 35.7 Å². The summed E-state index contributed by atoms with van der Waals surface area (Å²) in [5.74, 6) is 0.583. The Bertz CT molecular complexity index is 1120. The zero-order chi connectivity index (χ0) is 21.7. The van der Waals surface area contributed by atoms with E-state index in [4.69, 9.17) is 9.47 Å². The molecule has 0 spiro atoms. The molecule has 0 aliphatic rings. The summed E-state index contributed by atoms with van der Waals surface area (Å²) in [6.45, 7) is 4.91. The average molecular weight is 429 g/mol. The van der Waals surface area contributed by atoms with E-state index in [1.54, 1.807) is 13.2 Å². The van der Waals surface area contributed by atoms with E-state index in [9.17, 15) is 14.9 Å². The molecule has 8 nitrogen and oxygen atoms in total. The third-order valence-corrected chi connectivity index (χ3v) is 5.57. The number of ether oxygens (including phenoxy) is 2. The first-order valence-electron chi connectivity index (χ1n) is 9.46. The van der Waals surface area contributed by atoms with Crippen LogP contribution in [0.1, 0.15) is 25.3 Å². The van der Waals surface area contributed by atoms with Gasteiger partial charge in [0, 0.05) is 25.8 Å². The molecule has 0 fully saturated rings. The van der Waals surface area contributed by atoms with Crippen molar-refractivity contribution in [3.63, 3.8) is 0 Å². The topological polar surface area (TPSA) is 96.0 Å². The van der Waals surface area contributed by atoms with E-state index < -0.39 is 10.8 Å². The monoisotopic (exact) mass is 429 g/mol. The summed E-state index contributed by atoms with van der Waals surface area (Å²) in [4.78, 5) is 27.6. The summed E-state index contributed by atoms with van der Waals surface area (Å²) in [7, 11) is 1.58. The molecule has 3 rings (SSSR count). The van der Waals surface area contributed by atoms with Gasteiger partial charge in [-0.1, -0.05) is 37.3 Å². The zero-order valence-electron chi connectivity index (χ0n) is 17.0. The molecule has 1 amide bonds. The number of benzene rings is 2. The maximum atomic E-state index is 12.4. The van der Waals surface area contributed by atoms with Crippen LogP contribution in [-0.2, 0) is 16.1 Å². The lowest BCUT2D eigenvalue weighted by Gasteiger charge is -2.07. The van der Waals surface area contributed by atoms with Gasteiger partial charge in [-0.25, -0.2) is 0 Å². The normalized spacial score (nSPS) is 11.9. The second-order valence-corrected chi connectivity index (χ2v) is 7.97. The minimum atomic E-state index is -0.445. The number of amides is 1. The average Bonchev–Trinajstić information content (AvgIpc) is 3.06. The third-order valence-electron chi connectivity index (χ3n) is 4.53. The smallest absolute Gasteiger partial charge is 0.286 e. The SMILES string of the molecule is COCCn1c(=NC(=O)COc2ccc(C(C)C)cc2)sc2cc([N+](=O)[O-])ccc21. The summed E-state index contributed by atoms with van der Waals surface area (Å²) in [6.07, 6.45) is 0. The van der Waals surface area contributed by atoms with E-state index in [0.717, 1.165) is 5.52 Å². The summed E-state index contributed by atoms with van der Waals surface area (Å²) in [5.41, 5.74) is 1.95. The highest BCUT2D eigenvalue weighted by atomic mass is 32.1. The maximum absolute atomic E-state index is 12.4. The largest absolute Gasteiger partial charge is 0.484 e. The number of rotatable bonds is 8. The standard InChI is InChI=1S/C21H23N3O5S/c1-14(2)15-4-7-17(8-5-15)29-13-20(25)22-21-23(10-11-28-3)18-9-6-16(24(26)27)12-19(18)30-21/h4-9,12,14H,10-11,13H2,1-3H3. The number of aromatic nitrogens is 1. The van der Waals surface area contributed by atoms with Gasteiger partial charge in [-0.2, -0.15) is 4.99 Å². The predicted octanol–water partition coefficient (Wildman–Crippen LogP) is 3.89. The molecule has 0 aliphatic carbocycles. The second kappa shape index (κ2) is 9.64. The number of nitro benzene ring substituents is 1. The van der Waals surface area contributed by atoms with Crippen LogP contribution in [0.2, 0.25) is 0 Å². The van der Waals surface area contributed by atoms with Crippen LogP contribution in [0.25, 0.3) is 10.2 Å². The molecule has 2 aromatic carbocycles. The van der Waals surface area contributed by atoms with Crippen molar-refractivity contribution in [3.05, 3.63) is 62.9 Å².